The molecule has 0 bridgehead atoms. The molecule has 1 aromatic carbocycles. The highest BCUT2D eigenvalue weighted by atomic mass is 32.2. The topological polar surface area (TPSA) is 92.3 Å². The van der Waals surface area contributed by atoms with Crippen LogP contribution in [0.25, 0.3) is 0 Å². The second-order valence-corrected chi connectivity index (χ2v) is 9.70. The summed E-state index contributed by atoms with van der Waals surface area (Å²) in [6.45, 7) is 3.72. The number of anilines is 1. The van der Waals surface area contributed by atoms with Crippen LogP contribution in [0.3, 0.4) is 0 Å². The van der Waals surface area contributed by atoms with Crippen molar-refractivity contribution in [2.75, 3.05) is 18.1 Å². The molecule has 1 heterocycles. The molecule has 0 fully saturated rings. The molecule has 0 atom stereocenters. The minimum Gasteiger partial charge on any atom is -0.355 e. The highest BCUT2D eigenvalue weighted by molar-refractivity contribution is 7.90. The van der Waals surface area contributed by atoms with Gasteiger partial charge in [0.15, 0.2) is 9.84 Å². The third-order valence-corrected chi connectivity index (χ3v) is 6.99. The van der Waals surface area contributed by atoms with Crippen molar-refractivity contribution in [1.29, 1.82) is 0 Å². The number of aryl methyl sites for hydroxylation is 1. The Labute approximate surface area is 163 Å². The SMILES string of the molecule is CNC(=O)c1c(NC(=O)CCCS(=O)(=O)Cc2ccccc2)sc(C)c1C. The fraction of sp³-hybridized carbons (Fsp3) is 0.368. The first-order valence-electron chi connectivity index (χ1n) is 8.59. The average molecular weight is 409 g/mol. The predicted octanol–water partition coefficient (Wildman–Crippen LogP) is 3.06. The van der Waals surface area contributed by atoms with Gasteiger partial charge in [-0.2, -0.15) is 0 Å². The molecule has 2 aromatic rings. The summed E-state index contributed by atoms with van der Waals surface area (Å²) in [7, 11) is -1.73. The number of hydrogen-bond acceptors (Lipinski definition) is 5. The zero-order chi connectivity index (χ0) is 20.0. The summed E-state index contributed by atoms with van der Waals surface area (Å²) in [6.07, 6.45) is 0.316. The third-order valence-electron chi connectivity index (χ3n) is 4.18. The van der Waals surface area contributed by atoms with E-state index in [0.717, 1.165) is 16.0 Å². The van der Waals surface area contributed by atoms with Gasteiger partial charge in [0.2, 0.25) is 5.91 Å². The van der Waals surface area contributed by atoms with Gasteiger partial charge in [0.05, 0.1) is 17.1 Å². The maximum absolute atomic E-state index is 12.2. The number of benzene rings is 1. The van der Waals surface area contributed by atoms with Crippen LogP contribution in [-0.2, 0) is 20.4 Å². The highest BCUT2D eigenvalue weighted by Gasteiger charge is 2.20. The van der Waals surface area contributed by atoms with Crippen LogP contribution in [0.4, 0.5) is 5.00 Å². The summed E-state index contributed by atoms with van der Waals surface area (Å²) in [5.74, 6) is -0.631. The zero-order valence-electron chi connectivity index (χ0n) is 15.7. The average Bonchev–Trinajstić information content (AvgIpc) is 2.88. The van der Waals surface area contributed by atoms with Crippen molar-refractivity contribution in [3.8, 4) is 0 Å². The summed E-state index contributed by atoms with van der Waals surface area (Å²) >= 11 is 1.34. The monoisotopic (exact) mass is 408 g/mol. The van der Waals surface area contributed by atoms with E-state index in [-0.39, 0.29) is 36.2 Å². The van der Waals surface area contributed by atoms with Gasteiger partial charge in [-0.3, -0.25) is 9.59 Å². The third kappa shape index (κ3) is 5.90. The highest BCUT2D eigenvalue weighted by Crippen LogP contribution is 2.32. The number of nitrogens with one attached hydrogen (secondary N) is 2. The quantitative estimate of drug-likeness (QED) is 0.702. The summed E-state index contributed by atoms with van der Waals surface area (Å²) in [4.78, 5) is 25.2. The first-order chi connectivity index (χ1) is 12.7. The maximum Gasteiger partial charge on any atom is 0.254 e. The first-order valence-corrected chi connectivity index (χ1v) is 11.2. The number of carbonyl (C=O) groups is 2. The van der Waals surface area contributed by atoms with Crippen LogP contribution in [0.2, 0.25) is 0 Å². The van der Waals surface area contributed by atoms with E-state index in [2.05, 4.69) is 10.6 Å². The van der Waals surface area contributed by atoms with Crippen LogP contribution < -0.4 is 10.6 Å². The van der Waals surface area contributed by atoms with Gasteiger partial charge >= 0.3 is 0 Å². The van der Waals surface area contributed by atoms with E-state index in [4.69, 9.17) is 0 Å². The molecule has 0 radical (unpaired) electrons. The molecule has 0 spiro atoms. The standard InChI is InChI=1S/C19H24N2O4S2/c1-13-14(2)26-19(17(13)18(23)20-3)21-16(22)10-7-11-27(24,25)12-15-8-5-4-6-9-15/h4-6,8-9H,7,10-12H2,1-3H3,(H,20,23)(H,21,22). The van der Waals surface area contributed by atoms with Gasteiger partial charge < -0.3 is 10.6 Å². The molecular weight excluding hydrogens is 384 g/mol. The van der Waals surface area contributed by atoms with Crippen LogP contribution in [0.5, 0.6) is 0 Å². The second kappa shape index (κ2) is 9.14. The van der Waals surface area contributed by atoms with Crippen molar-refractivity contribution < 1.29 is 18.0 Å². The van der Waals surface area contributed by atoms with E-state index in [9.17, 15) is 18.0 Å². The van der Waals surface area contributed by atoms with Crippen molar-refractivity contribution in [2.24, 2.45) is 0 Å². The molecule has 0 aliphatic rings. The van der Waals surface area contributed by atoms with E-state index in [0.29, 0.717) is 10.6 Å². The van der Waals surface area contributed by atoms with Crippen LogP contribution >= 0.6 is 11.3 Å². The van der Waals surface area contributed by atoms with Gasteiger partial charge in [-0.05, 0) is 31.4 Å². The van der Waals surface area contributed by atoms with Crippen molar-refractivity contribution in [3.63, 3.8) is 0 Å². The molecule has 1 aromatic heterocycles. The van der Waals surface area contributed by atoms with Gasteiger partial charge in [-0.15, -0.1) is 11.3 Å². The Bertz CT molecular complexity index is 919. The van der Waals surface area contributed by atoms with Gasteiger partial charge in [0, 0.05) is 18.3 Å². The van der Waals surface area contributed by atoms with Crippen molar-refractivity contribution in [1.82, 2.24) is 5.32 Å². The molecule has 0 saturated carbocycles. The Morgan fingerprint density at radius 1 is 1.11 bits per heavy atom. The van der Waals surface area contributed by atoms with Crippen LogP contribution in [0.15, 0.2) is 30.3 Å². The fourth-order valence-corrected chi connectivity index (χ4v) is 5.16. The number of amides is 2. The van der Waals surface area contributed by atoms with Crippen LogP contribution in [-0.4, -0.2) is 33.0 Å². The fourth-order valence-electron chi connectivity index (χ4n) is 2.66. The van der Waals surface area contributed by atoms with E-state index >= 15 is 0 Å². The Hall–Kier alpha value is -2.19. The predicted molar refractivity (Wildman–Crippen MR) is 109 cm³/mol. The smallest absolute Gasteiger partial charge is 0.254 e. The molecule has 6 nitrogen and oxygen atoms in total. The number of rotatable bonds is 8. The van der Waals surface area contributed by atoms with Crippen LogP contribution in [0.1, 0.15) is 39.2 Å². The summed E-state index contributed by atoms with van der Waals surface area (Å²) < 4.78 is 24.4. The summed E-state index contributed by atoms with van der Waals surface area (Å²) in [5, 5.41) is 5.82. The Kier molecular flexibility index (Phi) is 7.15. The molecule has 27 heavy (non-hydrogen) atoms. The molecule has 0 saturated heterocycles. The lowest BCUT2D eigenvalue weighted by Gasteiger charge is -2.07. The van der Waals surface area contributed by atoms with E-state index in [1.54, 1.807) is 24.3 Å². The number of sulfone groups is 1. The van der Waals surface area contributed by atoms with Gasteiger partial charge in [-0.25, -0.2) is 8.42 Å². The lowest BCUT2D eigenvalue weighted by molar-refractivity contribution is -0.116. The number of carbonyl (C=O) groups excluding carboxylic acids is 2. The lowest BCUT2D eigenvalue weighted by Crippen LogP contribution is -2.21. The lowest BCUT2D eigenvalue weighted by atomic mass is 10.1. The molecule has 0 aliphatic heterocycles. The molecular formula is C19H24N2O4S2. The zero-order valence-corrected chi connectivity index (χ0v) is 17.3. The minimum absolute atomic E-state index is 0.0282. The molecule has 0 aliphatic carbocycles. The van der Waals surface area contributed by atoms with Crippen LogP contribution in [0, 0.1) is 13.8 Å². The van der Waals surface area contributed by atoms with Crippen molar-refractivity contribution in [3.05, 3.63) is 51.9 Å². The molecule has 2 amide bonds. The second-order valence-electron chi connectivity index (χ2n) is 6.30. The van der Waals surface area contributed by atoms with Crippen molar-refractivity contribution >= 4 is 38.0 Å². The summed E-state index contributed by atoms with van der Waals surface area (Å²) in [5.41, 5.74) is 2.03. The van der Waals surface area contributed by atoms with Crippen molar-refractivity contribution in [2.45, 2.75) is 32.4 Å². The largest absolute Gasteiger partial charge is 0.355 e. The molecule has 8 heteroatoms. The van der Waals surface area contributed by atoms with E-state index in [1.165, 1.54) is 18.4 Å². The van der Waals surface area contributed by atoms with Gasteiger partial charge in [-0.1, -0.05) is 30.3 Å². The van der Waals surface area contributed by atoms with E-state index in [1.807, 2.05) is 19.9 Å². The Balaban J connectivity index is 1.92. The summed E-state index contributed by atoms with van der Waals surface area (Å²) in [6, 6.07) is 8.97. The molecule has 2 rings (SSSR count). The molecule has 146 valence electrons. The van der Waals surface area contributed by atoms with E-state index < -0.39 is 9.84 Å². The maximum atomic E-state index is 12.2. The van der Waals surface area contributed by atoms with Gasteiger partial charge in [0.25, 0.3) is 5.91 Å². The Morgan fingerprint density at radius 2 is 1.78 bits per heavy atom. The minimum atomic E-state index is -3.27. The molecule has 2 N–H and O–H groups in total. The van der Waals surface area contributed by atoms with Gasteiger partial charge in [0.1, 0.15) is 5.00 Å². The number of hydrogen-bond donors (Lipinski definition) is 2. The first kappa shape index (κ1) is 21.1. The Morgan fingerprint density at radius 3 is 2.41 bits per heavy atom. The molecule has 0 unspecified atom stereocenters. The normalized spacial score (nSPS) is 11.2. The number of thiophene rings is 1.